The van der Waals surface area contributed by atoms with Gasteiger partial charge in [0.1, 0.15) is 0 Å². The quantitative estimate of drug-likeness (QED) is 0.598. The van der Waals surface area contributed by atoms with Crippen molar-refractivity contribution in [1.29, 1.82) is 0 Å². The number of rotatable bonds is 7. The second-order valence-electron chi connectivity index (χ2n) is 7.83. The lowest BCUT2D eigenvalue weighted by Crippen LogP contribution is -2.64. The highest BCUT2D eigenvalue weighted by atomic mass is 32.2. The number of sulfone groups is 1. The van der Waals surface area contributed by atoms with E-state index in [4.69, 9.17) is 4.74 Å². The fraction of sp³-hybridized carbons (Fsp3) is 0.280. The molecule has 32 heavy (non-hydrogen) atoms. The first-order valence-electron chi connectivity index (χ1n) is 10.2. The van der Waals surface area contributed by atoms with E-state index < -0.39 is 32.4 Å². The first-order chi connectivity index (χ1) is 15.2. The van der Waals surface area contributed by atoms with Crippen LogP contribution in [0, 0.1) is 6.92 Å². The molecule has 7 heteroatoms. The van der Waals surface area contributed by atoms with Crippen molar-refractivity contribution in [1.82, 2.24) is 4.90 Å². The van der Waals surface area contributed by atoms with Crippen molar-refractivity contribution in [3.63, 3.8) is 0 Å². The van der Waals surface area contributed by atoms with Gasteiger partial charge in [-0.1, -0.05) is 60.7 Å². The number of allylic oxidation sites excluding steroid dienone is 2. The fourth-order valence-electron chi connectivity index (χ4n) is 4.04. The van der Waals surface area contributed by atoms with E-state index in [1.807, 2.05) is 37.3 Å². The third kappa shape index (κ3) is 3.94. The number of methoxy groups -OCH3 is 1. The Kier molecular flexibility index (Phi) is 6.81. The van der Waals surface area contributed by atoms with Crippen molar-refractivity contribution in [3.05, 3.63) is 90.2 Å². The lowest BCUT2D eigenvalue weighted by molar-refractivity contribution is -0.143. The average Bonchev–Trinajstić information content (AvgIpc) is 2.77. The number of Topliss-reactive ketones (excluding diaryl/α,β-unsaturated/α-hetero) is 1. The Bertz CT molecular complexity index is 1150. The van der Waals surface area contributed by atoms with Crippen molar-refractivity contribution in [2.24, 2.45) is 0 Å². The van der Waals surface area contributed by atoms with Gasteiger partial charge in [0.2, 0.25) is 4.75 Å². The molecular weight excluding hydrogens is 426 g/mol. The summed E-state index contributed by atoms with van der Waals surface area (Å²) in [5.41, 5.74) is 2.12. The number of ketones is 1. The first kappa shape index (κ1) is 23.6. The summed E-state index contributed by atoms with van der Waals surface area (Å²) in [7, 11) is -2.94. The van der Waals surface area contributed by atoms with Crippen molar-refractivity contribution in [3.8, 4) is 0 Å². The van der Waals surface area contributed by atoms with E-state index in [2.05, 4.69) is 6.58 Å². The molecular formula is C25H27NO5S. The van der Waals surface area contributed by atoms with Crippen LogP contribution >= 0.6 is 0 Å². The lowest BCUT2D eigenvalue weighted by atomic mass is 9.87. The molecule has 1 heterocycles. The van der Waals surface area contributed by atoms with E-state index in [9.17, 15) is 18.0 Å². The largest absolute Gasteiger partial charge is 0.375 e. The van der Waals surface area contributed by atoms with Gasteiger partial charge in [-0.05, 0) is 37.6 Å². The van der Waals surface area contributed by atoms with Gasteiger partial charge in [0, 0.05) is 13.5 Å². The molecule has 0 N–H and O–H groups in total. The second-order valence-corrected chi connectivity index (χ2v) is 10.0. The molecule has 0 radical (unpaired) electrons. The smallest absolute Gasteiger partial charge is 0.256 e. The average molecular weight is 454 g/mol. The minimum atomic E-state index is -4.37. The molecule has 1 aliphatic heterocycles. The first-order valence-corrected chi connectivity index (χ1v) is 11.7. The summed E-state index contributed by atoms with van der Waals surface area (Å²) < 4.78 is 31.0. The molecule has 0 aromatic heterocycles. The van der Waals surface area contributed by atoms with Gasteiger partial charge < -0.3 is 9.64 Å². The van der Waals surface area contributed by atoms with Crippen LogP contribution in [0.5, 0.6) is 0 Å². The Morgan fingerprint density at radius 3 is 2.34 bits per heavy atom. The highest BCUT2D eigenvalue weighted by molar-refractivity contribution is 7.94. The number of carbonyl (C=O) groups excluding carboxylic acids is 2. The molecule has 2 aromatic rings. The topological polar surface area (TPSA) is 80.8 Å². The second kappa shape index (κ2) is 9.22. The SMILES string of the molecule is C=C/C=C1\[C@@H](OC)C[C@](C(C)=O)(S(=O)(=O)c2ccc(C)cc2)C(=O)N1Cc1ccccc1. The number of amides is 1. The zero-order valence-corrected chi connectivity index (χ0v) is 19.3. The molecule has 0 aliphatic carbocycles. The van der Waals surface area contributed by atoms with Crippen LogP contribution in [-0.2, 0) is 30.7 Å². The zero-order chi connectivity index (χ0) is 23.5. The van der Waals surface area contributed by atoms with E-state index in [-0.39, 0.29) is 17.9 Å². The summed E-state index contributed by atoms with van der Waals surface area (Å²) in [5, 5.41) is 0. The molecule has 0 unspecified atom stereocenters. The number of nitrogens with zero attached hydrogens (tertiary/aromatic N) is 1. The third-order valence-corrected chi connectivity index (χ3v) is 8.26. The number of piperidine rings is 1. The van der Waals surface area contributed by atoms with Gasteiger partial charge >= 0.3 is 0 Å². The predicted molar refractivity (Wildman–Crippen MR) is 122 cm³/mol. The lowest BCUT2D eigenvalue weighted by Gasteiger charge is -2.44. The Hall–Kier alpha value is -3.03. The Labute approximate surface area is 189 Å². The van der Waals surface area contributed by atoms with E-state index in [0.717, 1.165) is 18.1 Å². The summed E-state index contributed by atoms with van der Waals surface area (Å²) in [6.45, 7) is 6.79. The highest BCUT2D eigenvalue weighted by Gasteiger charge is 2.61. The maximum absolute atomic E-state index is 13.9. The number of hydrogen-bond donors (Lipinski definition) is 0. The summed E-state index contributed by atoms with van der Waals surface area (Å²) in [4.78, 5) is 28.2. The Morgan fingerprint density at radius 2 is 1.81 bits per heavy atom. The Balaban J connectivity index is 2.23. The van der Waals surface area contributed by atoms with Crippen LogP contribution < -0.4 is 0 Å². The van der Waals surface area contributed by atoms with Gasteiger partial charge in [-0.15, -0.1) is 0 Å². The molecule has 0 bridgehead atoms. The molecule has 6 nitrogen and oxygen atoms in total. The van der Waals surface area contributed by atoms with Crippen molar-refractivity contribution in [2.75, 3.05) is 7.11 Å². The van der Waals surface area contributed by atoms with Crippen LogP contribution in [0.2, 0.25) is 0 Å². The van der Waals surface area contributed by atoms with Crippen LogP contribution in [0.4, 0.5) is 0 Å². The molecule has 168 valence electrons. The van der Waals surface area contributed by atoms with Crippen molar-refractivity contribution in [2.45, 2.75) is 42.6 Å². The maximum Gasteiger partial charge on any atom is 0.256 e. The van der Waals surface area contributed by atoms with Gasteiger partial charge in [0.05, 0.1) is 23.2 Å². The van der Waals surface area contributed by atoms with E-state index >= 15 is 0 Å². The molecule has 3 rings (SSSR count). The third-order valence-electron chi connectivity index (χ3n) is 5.82. The van der Waals surface area contributed by atoms with Crippen LogP contribution in [-0.4, -0.2) is 43.0 Å². The minimum Gasteiger partial charge on any atom is -0.375 e. The van der Waals surface area contributed by atoms with Crippen molar-refractivity contribution < 1.29 is 22.7 Å². The molecule has 0 spiro atoms. The molecule has 1 aliphatic rings. The van der Waals surface area contributed by atoms with Gasteiger partial charge in [-0.3, -0.25) is 9.59 Å². The maximum atomic E-state index is 13.9. The summed E-state index contributed by atoms with van der Waals surface area (Å²) in [6, 6.07) is 15.3. The van der Waals surface area contributed by atoms with Crippen LogP contribution in [0.25, 0.3) is 0 Å². The molecule has 2 atom stereocenters. The molecule has 1 fully saturated rings. The summed E-state index contributed by atoms with van der Waals surface area (Å²) in [5.74, 6) is -1.52. The van der Waals surface area contributed by atoms with E-state index in [1.54, 1.807) is 18.2 Å². The van der Waals surface area contributed by atoms with Crippen LogP contribution in [0.1, 0.15) is 24.5 Å². The monoisotopic (exact) mass is 453 g/mol. The molecule has 2 aromatic carbocycles. The van der Waals surface area contributed by atoms with Gasteiger partial charge in [0.15, 0.2) is 15.6 Å². The number of likely N-dealkylation sites (tertiary alicyclic amines) is 1. The molecule has 0 saturated carbocycles. The predicted octanol–water partition coefficient (Wildman–Crippen LogP) is 3.61. The molecule has 1 amide bonds. The molecule has 1 saturated heterocycles. The number of aryl methyl sites for hydroxylation is 1. The standard InChI is InChI=1S/C25H27NO5S/c1-5-9-22-23(31-4)16-25(19(3)27,32(29,30)21-14-12-18(2)13-15-21)24(28)26(22)17-20-10-7-6-8-11-20/h5-15,23H,1,16-17H2,2-4H3/b22-9+/t23-,25+/m0/s1. The van der Waals surface area contributed by atoms with Gasteiger partial charge in [-0.2, -0.15) is 0 Å². The fourth-order valence-corrected chi connectivity index (χ4v) is 6.03. The van der Waals surface area contributed by atoms with Gasteiger partial charge in [0.25, 0.3) is 5.91 Å². The summed E-state index contributed by atoms with van der Waals surface area (Å²) >= 11 is 0. The van der Waals surface area contributed by atoms with E-state index in [1.165, 1.54) is 30.2 Å². The number of ether oxygens (including phenoxy) is 1. The van der Waals surface area contributed by atoms with Crippen molar-refractivity contribution >= 4 is 21.5 Å². The van der Waals surface area contributed by atoms with Gasteiger partial charge in [-0.25, -0.2) is 8.42 Å². The number of hydrogen-bond acceptors (Lipinski definition) is 5. The van der Waals surface area contributed by atoms with Crippen LogP contribution in [0.3, 0.4) is 0 Å². The Morgan fingerprint density at radius 1 is 1.19 bits per heavy atom. The van der Waals surface area contributed by atoms with E-state index in [0.29, 0.717) is 5.70 Å². The zero-order valence-electron chi connectivity index (χ0n) is 18.4. The minimum absolute atomic E-state index is 0.0719. The number of benzene rings is 2. The normalized spacial score (nSPS) is 22.7. The van der Waals surface area contributed by atoms with Crippen LogP contribution in [0.15, 0.2) is 83.9 Å². The summed E-state index contributed by atoms with van der Waals surface area (Å²) in [6.07, 6.45) is 2.04. The highest BCUT2D eigenvalue weighted by Crippen LogP contribution is 2.41. The number of carbonyl (C=O) groups is 2.